The van der Waals surface area contributed by atoms with Crippen molar-refractivity contribution in [3.05, 3.63) is 81.7 Å². The maximum Gasteiger partial charge on any atom is 0.396 e. The van der Waals surface area contributed by atoms with Gasteiger partial charge in [-0.2, -0.15) is 13.2 Å². The summed E-state index contributed by atoms with van der Waals surface area (Å²) in [5.41, 5.74) is 0.451. The number of aromatic nitrogens is 2. The summed E-state index contributed by atoms with van der Waals surface area (Å²) < 4.78 is 52.3. The van der Waals surface area contributed by atoms with Gasteiger partial charge in [0.1, 0.15) is 10.9 Å². The standard InChI is InChI=1S/C22H17Cl2F3N2O3/c1-12(20(22(25,26)27)13-7-8-28-18(24)9-13)16-10-15(4-5-17(16)23)32-19-6-3-14(11-29-19)21(30)31-2/h3-12,20H,1-2H3. The second-order valence-corrected chi connectivity index (χ2v) is 7.68. The van der Waals surface area contributed by atoms with E-state index in [9.17, 15) is 18.0 Å². The number of hydrogen-bond donors (Lipinski definition) is 0. The van der Waals surface area contributed by atoms with E-state index in [-0.39, 0.29) is 38.5 Å². The Morgan fingerprint density at radius 1 is 1.06 bits per heavy atom. The summed E-state index contributed by atoms with van der Waals surface area (Å²) in [5, 5.41) is 0.127. The average Bonchev–Trinajstić information content (AvgIpc) is 2.74. The minimum absolute atomic E-state index is 0.0209. The molecule has 5 nitrogen and oxygen atoms in total. The van der Waals surface area contributed by atoms with Crippen LogP contribution in [0.4, 0.5) is 13.2 Å². The summed E-state index contributed by atoms with van der Waals surface area (Å²) in [6, 6.07) is 9.78. The lowest BCUT2D eigenvalue weighted by molar-refractivity contribution is -0.154. The lowest BCUT2D eigenvalue weighted by Crippen LogP contribution is -2.26. The molecular formula is C22H17Cl2F3N2O3. The molecule has 0 radical (unpaired) electrons. The molecule has 2 atom stereocenters. The van der Waals surface area contributed by atoms with Crippen molar-refractivity contribution in [2.75, 3.05) is 7.11 Å². The van der Waals surface area contributed by atoms with E-state index < -0.39 is 24.0 Å². The number of methoxy groups -OCH3 is 1. The monoisotopic (exact) mass is 484 g/mol. The number of carbonyl (C=O) groups is 1. The Bertz CT molecular complexity index is 1110. The minimum Gasteiger partial charge on any atom is -0.465 e. The van der Waals surface area contributed by atoms with Gasteiger partial charge in [-0.15, -0.1) is 0 Å². The summed E-state index contributed by atoms with van der Waals surface area (Å²) >= 11 is 12.1. The predicted molar refractivity (Wildman–Crippen MR) is 114 cm³/mol. The van der Waals surface area contributed by atoms with Gasteiger partial charge < -0.3 is 9.47 Å². The molecule has 32 heavy (non-hydrogen) atoms. The second-order valence-electron chi connectivity index (χ2n) is 6.88. The van der Waals surface area contributed by atoms with Crippen molar-refractivity contribution in [3.8, 4) is 11.6 Å². The first-order valence-electron chi connectivity index (χ1n) is 9.30. The number of carbonyl (C=O) groups excluding carboxylic acids is 1. The molecule has 2 aromatic heterocycles. The van der Waals surface area contributed by atoms with Crippen molar-refractivity contribution in [1.29, 1.82) is 0 Å². The van der Waals surface area contributed by atoms with Crippen LogP contribution >= 0.6 is 23.2 Å². The van der Waals surface area contributed by atoms with Gasteiger partial charge in [0.05, 0.1) is 18.6 Å². The third-order valence-electron chi connectivity index (χ3n) is 4.80. The molecule has 0 aliphatic carbocycles. The van der Waals surface area contributed by atoms with E-state index in [1.807, 2.05) is 0 Å². The molecule has 2 heterocycles. The normalized spacial score (nSPS) is 13.3. The summed E-state index contributed by atoms with van der Waals surface area (Å²) in [4.78, 5) is 19.3. The minimum atomic E-state index is -4.56. The quantitative estimate of drug-likeness (QED) is 0.284. The Kier molecular flexibility index (Phi) is 7.26. The fraction of sp³-hybridized carbons (Fsp3) is 0.227. The molecule has 0 bridgehead atoms. The van der Waals surface area contributed by atoms with Gasteiger partial charge >= 0.3 is 12.1 Å². The number of benzene rings is 1. The first-order chi connectivity index (χ1) is 15.1. The number of pyridine rings is 2. The molecule has 0 saturated carbocycles. The lowest BCUT2D eigenvalue weighted by atomic mass is 9.82. The number of halogens is 5. The highest BCUT2D eigenvalue weighted by molar-refractivity contribution is 6.31. The van der Waals surface area contributed by atoms with Gasteiger partial charge in [-0.25, -0.2) is 14.8 Å². The fourth-order valence-corrected chi connectivity index (χ4v) is 3.76. The molecule has 168 valence electrons. The summed E-state index contributed by atoms with van der Waals surface area (Å²) in [7, 11) is 1.25. The van der Waals surface area contributed by atoms with Crippen LogP contribution in [0.1, 0.15) is 40.2 Å². The molecule has 1 aromatic carbocycles. The summed E-state index contributed by atoms with van der Waals surface area (Å²) in [6.45, 7) is 1.43. The van der Waals surface area contributed by atoms with Crippen LogP contribution < -0.4 is 4.74 Å². The van der Waals surface area contributed by atoms with Gasteiger partial charge in [0.15, 0.2) is 0 Å². The van der Waals surface area contributed by atoms with Gasteiger partial charge in [-0.1, -0.05) is 30.1 Å². The smallest absolute Gasteiger partial charge is 0.396 e. The van der Waals surface area contributed by atoms with E-state index in [1.165, 1.54) is 68.9 Å². The van der Waals surface area contributed by atoms with Crippen LogP contribution in [0.3, 0.4) is 0 Å². The van der Waals surface area contributed by atoms with Crippen LogP contribution in [-0.4, -0.2) is 29.2 Å². The Hall–Kier alpha value is -2.84. The predicted octanol–water partition coefficient (Wildman–Crippen LogP) is 6.81. The van der Waals surface area contributed by atoms with Crippen LogP contribution in [0.25, 0.3) is 0 Å². The molecular weight excluding hydrogens is 468 g/mol. The number of nitrogens with zero attached hydrogens (tertiary/aromatic N) is 2. The molecule has 0 N–H and O–H groups in total. The van der Waals surface area contributed by atoms with Crippen molar-refractivity contribution in [1.82, 2.24) is 9.97 Å². The SMILES string of the molecule is COC(=O)c1ccc(Oc2ccc(Cl)c(C(C)C(c3ccnc(Cl)c3)C(F)(F)F)c2)nc1. The molecule has 0 saturated heterocycles. The van der Waals surface area contributed by atoms with E-state index in [4.69, 9.17) is 27.9 Å². The molecule has 3 rings (SSSR count). The number of esters is 1. The molecule has 0 aliphatic rings. The van der Waals surface area contributed by atoms with E-state index in [0.29, 0.717) is 0 Å². The number of alkyl halides is 3. The molecule has 0 amide bonds. The zero-order valence-corrected chi connectivity index (χ0v) is 18.4. The van der Waals surface area contributed by atoms with Gasteiger partial charge in [0.25, 0.3) is 0 Å². The van der Waals surface area contributed by atoms with Crippen LogP contribution in [0.5, 0.6) is 11.6 Å². The highest BCUT2D eigenvalue weighted by atomic mass is 35.5. The highest BCUT2D eigenvalue weighted by Crippen LogP contribution is 2.47. The van der Waals surface area contributed by atoms with E-state index >= 15 is 0 Å². The Labute approximate surface area is 192 Å². The Morgan fingerprint density at radius 3 is 2.41 bits per heavy atom. The van der Waals surface area contributed by atoms with Crippen LogP contribution in [0, 0.1) is 0 Å². The van der Waals surface area contributed by atoms with Gasteiger partial charge in [-0.05, 0) is 53.4 Å². The first kappa shape index (κ1) is 23.8. The highest BCUT2D eigenvalue weighted by Gasteiger charge is 2.45. The van der Waals surface area contributed by atoms with Crippen molar-refractivity contribution in [3.63, 3.8) is 0 Å². The van der Waals surface area contributed by atoms with Crippen LogP contribution in [0.15, 0.2) is 54.9 Å². The van der Waals surface area contributed by atoms with Gasteiger partial charge in [0, 0.05) is 23.5 Å². The maximum atomic E-state index is 14.0. The molecule has 3 aromatic rings. The second kappa shape index (κ2) is 9.75. The number of rotatable bonds is 6. The molecule has 2 unspecified atom stereocenters. The summed E-state index contributed by atoms with van der Waals surface area (Å²) in [5.74, 6) is -3.09. The average molecular weight is 485 g/mol. The molecule has 0 aliphatic heterocycles. The Morgan fingerprint density at radius 2 is 1.81 bits per heavy atom. The number of ether oxygens (including phenoxy) is 2. The van der Waals surface area contributed by atoms with E-state index in [2.05, 4.69) is 14.7 Å². The first-order valence-corrected chi connectivity index (χ1v) is 10.1. The van der Waals surface area contributed by atoms with E-state index in [0.717, 1.165) is 0 Å². The van der Waals surface area contributed by atoms with Crippen molar-refractivity contribution >= 4 is 29.2 Å². The van der Waals surface area contributed by atoms with Crippen LogP contribution in [-0.2, 0) is 4.74 Å². The topological polar surface area (TPSA) is 61.3 Å². The van der Waals surface area contributed by atoms with Gasteiger partial charge in [-0.3, -0.25) is 0 Å². The third-order valence-corrected chi connectivity index (χ3v) is 5.35. The largest absolute Gasteiger partial charge is 0.465 e. The lowest BCUT2D eigenvalue weighted by Gasteiger charge is -2.28. The maximum absolute atomic E-state index is 14.0. The van der Waals surface area contributed by atoms with Crippen molar-refractivity contribution in [2.45, 2.75) is 24.9 Å². The van der Waals surface area contributed by atoms with Gasteiger partial charge in [0.2, 0.25) is 5.88 Å². The van der Waals surface area contributed by atoms with Crippen molar-refractivity contribution < 1.29 is 27.4 Å². The van der Waals surface area contributed by atoms with E-state index in [1.54, 1.807) is 0 Å². The molecule has 0 fully saturated rings. The van der Waals surface area contributed by atoms with Crippen molar-refractivity contribution in [2.24, 2.45) is 0 Å². The zero-order chi connectivity index (χ0) is 23.5. The molecule has 0 spiro atoms. The zero-order valence-electron chi connectivity index (χ0n) is 16.9. The molecule has 10 heteroatoms. The third kappa shape index (κ3) is 5.49. The Balaban J connectivity index is 1.92. The summed E-state index contributed by atoms with van der Waals surface area (Å²) in [6.07, 6.45) is -2.06. The fourth-order valence-electron chi connectivity index (χ4n) is 3.29. The van der Waals surface area contributed by atoms with Crippen LogP contribution in [0.2, 0.25) is 10.2 Å². The number of hydrogen-bond acceptors (Lipinski definition) is 5.